The molecule has 0 aliphatic heterocycles. The number of carbonyl (C=O) groups is 1. The maximum atomic E-state index is 12.1. The molecule has 1 amide bonds. The number of carbonyl (C=O) groups excluding carboxylic acids is 1. The minimum atomic E-state index is -0.293. The van der Waals surface area contributed by atoms with Gasteiger partial charge in [0.25, 0.3) is 5.91 Å². The summed E-state index contributed by atoms with van der Waals surface area (Å²) in [5.74, 6) is 0.272. The predicted octanol–water partition coefficient (Wildman–Crippen LogP) is 1.95. The molecule has 0 bridgehead atoms. The lowest BCUT2D eigenvalue weighted by atomic mass is 9.84. The van der Waals surface area contributed by atoms with Crippen LogP contribution in [0.1, 0.15) is 48.4 Å². The molecule has 0 saturated heterocycles. The summed E-state index contributed by atoms with van der Waals surface area (Å²) in [6.45, 7) is 1.73. The van der Waals surface area contributed by atoms with Crippen molar-refractivity contribution in [2.24, 2.45) is 11.7 Å². The van der Waals surface area contributed by atoms with Crippen LogP contribution in [0.3, 0.4) is 0 Å². The fourth-order valence-corrected chi connectivity index (χ4v) is 2.87. The highest BCUT2D eigenvalue weighted by Crippen LogP contribution is 2.27. The topological polar surface area (TPSA) is 81.2 Å². The Morgan fingerprint density at radius 3 is 2.74 bits per heavy atom. The zero-order chi connectivity index (χ0) is 13.8. The van der Waals surface area contributed by atoms with E-state index in [1.54, 1.807) is 6.92 Å². The maximum Gasteiger partial charge on any atom is 0.289 e. The molecule has 1 aromatic rings. The van der Waals surface area contributed by atoms with Gasteiger partial charge in [0, 0.05) is 0 Å². The van der Waals surface area contributed by atoms with Gasteiger partial charge in [0.05, 0.1) is 16.7 Å². The fourth-order valence-electron chi connectivity index (χ4n) is 2.62. The molecule has 1 atom stereocenters. The number of rotatable bonds is 4. The van der Waals surface area contributed by atoms with Crippen LogP contribution in [0.25, 0.3) is 0 Å². The summed E-state index contributed by atoms with van der Waals surface area (Å²) in [4.78, 5) is 16.4. The molecule has 104 valence electrons. The number of nitrogens with one attached hydrogen (secondary N) is 1. The van der Waals surface area contributed by atoms with Crippen molar-refractivity contribution in [2.45, 2.75) is 45.1 Å². The molecule has 1 heterocycles. The quantitative estimate of drug-likeness (QED) is 0.824. The monoisotopic (exact) mass is 281 g/mol. The Morgan fingerprint density at radius 2 is 2.21 bits per heavy atom. The first-order chi connectivity index (χ1) is 9.09. The fraction of sp³-hybridized carbons (Fsp3) is 0.615. The van der Waals surface area contributed by atoms with Crippen LogP contribution in [0, 0.1) is 12.8 Å². The first-order valence-electron chi connectivity index (χ1n) is 6.60. The van der Waals surface area contributed by atoms with Crippen LogP contribution in [0.4, 0.5) is 0 Å². The SMILES string of the molecule is Cc1ncoc1C(=O)NC(C(N)=S)C1CCCCC1. The van der Waals surface area contributed by atoms with Gasteiger partial charge in [-0.25, -0.2) is 4.98 Å². The van der Waals surface area contributed by atoms with E-state index in [1.165, 1.54) is 25.7 Å². The van der Waals surface area contributed by atoms with Gasteiger partial charge in [-0.05, 0) is 25.7 Å². The first kappa shape index (κ1) is 14.0. The summed E-state index contributed by atoms with van der Waals surface area (Å²) in [5.41, 5.74) is 6.35. The summed E-state index contributed by atoms with van der Waals surface area (Å²) in [6, 6.07) is -0.257. The Morgan fingerprint density at radius 1 is 1.53 bits per heavy atom. The van der Waals surface area contributed by atoms with Gasteiger partial charge in [0.15, 0.2) is 6.39 Å². The van der Waals surface area contributed by atoms with Crippen LogP contribution >= 0.6 is 12.2 Å². The molecular formula is C13H19N3O2S. The lowest BCUT2D eigenvalue weighted by Crippen LogP contribution is -2.48. The van der Waals surface area contributed by atoms with Gasteiger partial charge in [0.2, 0.25) is 5.76 Å². The summed E-state index contributed by atoms with van der Waals surface area (Å²) in [5, 5.41) is 2.89. The lowest BCUT2D eigenvalue weighted by molar-refractivity contribution is 0.0903. The van der Waals surface area contributed by atoms with Crippen molar-refractivity contribution in [3.8, 4) is 0 Å². The minimum absolute atomic E-state index is 0.233. The van der Waals surface area contributed by atoms with Crippen LogP contribution in [0.2, 0.25) is 0 Å². The molecule has 19 heavy (non-hydrogen) atoms. The Kier molecular flexibility index (Phi) is 4.52. The van der Waals surface area contributed by atoms with Crippen molar-refractivity contribution in [3.05, 3.63) is 17.8 Å². The van der Waals surface area contributed by atoms with Crippen molar-refractivity contribution >= 4 is 23.1 Å². The molecule has 1 unspecified atom stereocenters. The minimum Gasteiger partial charge on any atom is -0.438 e. The van der Waals surface area contributed by atoms with Crippen LogP contribution in [-0.2, 0) is 0 Å². The van der Waals surface area contributed by atoms with Gasteiger partial charge in [0.1, 0.15) is 0 Å². The van der Waals surface area contributed by atoms with Gasteiger partial charge in [-0.3, -0.25) is 4.79 Å². The summed E-state index contributed by atoms with van der Waals surface area (Å²) in [6.07, 6.45) is 6.95. The lowest BCUT2D eigenvalue weighted by Gasteiger charge is -2.29. The number of aromatic nitrogens is 1. The van der Waals surface area contributed by atoms with E-state index in [0.717, 1.165) is 12.8 Å². The molecule has 1 fully saturated rings. The average molecular weight is 281 g/mol. The van der Waals surface area contributed by atoms with E-state index in [1.807, 2.05) is 0 Å². The third-order valence-electron chi connectivity index (χ3n) is 3.67. The molecule has 0 radical (unpaired) electrons. The van der Waals surface area contributed by atoms with E-state index in [4.69, 9.17) is 22.4 Å². The molecule has 1 aliphatic rings. The van der Waals surface area contributed by atoms with Crippen molar-refractivity contribution in [1.82, 2.24) is 10.3 Å². The maximum absolute atomic E-state index is 12.1. The number of thiocarbonyl (C=S) groups is 1. The number of nitrogens with zero attached hydrogens (tertiary/aromatic N) is 1. The Bertz CT molecular complexity index is 466. The molecule has 1 aliphatic carbocycles. The third kappa shape index (κ3) is 3.32. The number of aryl methyl sites for hydroxylation is 1. The van der Waals surface area contributed by atoms with Crippen molar-refractivity contribution < 1.29 is 9.21 Å². The second kappa shape index (κ2) is 6.14. The molecule has 0 aromatic carbocycles. The second-order valence-corrected chi connectivity index (χ2v) is 5.49. The van der Waals surface area contributed by atoms with E-state index in [9.17, 15) is 4.79 Å². The molecule has 5 nitrogen and oxygen atoms in total. The first-order valence-corrected chi connectivity index (χ1v) is 7.00. The van der Waals surface area contributed by atoms with Gasteiger partial charge in [-0.2, -0.15) is 0 Å². The zero-order valence-electron chi connectivity index (χ0n) is 11.0. The van der Waals surface area contributed by atoms with Crippen LogP contribution in [0.15, 0.2) is 10.8 Å². The highest BCUT2D eigenvalue weighted by Gasteiger charge is 2.28. The van der Waals surface area contributed by atoms with Crippen molar-refractivity contribution in [2.75, 3.05) is 0 Å². The van der Waals surface area contributed by atoms with Gasteiger partial charge >= 0.3 is 0 Å². The molecule has 1 aromatic heterocycles. The van der Waals surface area contributed by atoms with Crippen molar-refractivity contribution in [1.29, 1.82) is 0 Å². The molecular weight excluding hydrogens is 262 g/mol. The highest BCUT2D eigenvalue weighted by molar-refractivity contribution is 7.80. The molecule has 2 rings (SSSR count). The van der Waals surface area contributed by atoms with Gasteiger partial charge in [-0.1, -0.05) is 31.5 Å². The predicted molar refractivity (Wildman–Crippen MR) is 75.9 cm³/mol. The standard InChI is InChI=1S/C13H19N3O2S/c1-8-11(18-7-15-8)13(17)16-10(12(14)19)9-5-3-2-4-6-9/h7,9-10H,2-6H2,1H3,(H2,14,19)(H,16,17). The smallest absolute Gasteiger partial charge is 0.289 e. The van der Waals surface area contributed by atoms with E-state index in [2.05, 4.69) is 10.3 Å². The van der Waals surface area contributed by atoms with Gasteiger partial charge < -0.3 is 15.5 Å². The Hall–Kier alpha value is -1.43. The number of hydrogen-bond donors (Lipinski definition) is 2. The van der Waals surface area contributed by atoms with E-state index < -0.39 is 0 Å². The third-order valence-corrected chi connectivity index (χ3v) is 3.92. The van der Waals surface area contributed by atoms with Crippen LogP contribution < -0.4 is 11.1 Å². The molecule has 3 N–H and O–H groups in total. The van der Waals surface area contributed by atoms with Crippen LogP contribution in [0.5, 0.6) is 0 Å². The summed E-state index contributed by atoms with van der Waals surface area (Å²) < 4.78 is 5.09. The van der Waals surface area contributed by atoms with Gasteiger partial charge in [-0.15, -0.1) is 0 Å². The number of amides is 1. The van der Waals surface area contributed by atoms with E-state index >= 15 is 0 Å². The molecule has 0 spiro atoms. The van der Waals surface area contributed by atoms with E-state index in [0.29, 0.717) is 16.6 Å². The highest BCUT2D eigenvalue weighted by atomic mass is 32.1. The summed E-state index contributed by atoms with van der Waals surface area (Å²) >= 11 is 5.10. The number of hydrogen-bond acceptors (Lipinski definition) is 4. The number of oxazole rings is 1. The summed E-state index contributed by atoms with van der Waals surface area (Å²) in [7, 11) is 0. The van der Waals surface area contributed by atoms with Crippen LogP contribution in [-0.4, -0.2) is 21.9 Å². The normalized spacial score (nSPS) is 17.9. The van der Waals surface area contributed by atoms with Crippen molar-refractivity contribution in [3.63, 3.8) is 0 Å². The Labute approximate surface area is 117 Å². The zero-order valence-corrected chi connectivity index (χ0v) is 11.8. The largest absolute Gasteiger partial charge is 0.438 e. The molecule has 1 saturated carbocycles. The molecule has 6 heteroatoms. The van der Waals surface area contributed by atoms with E-state index in [-0.39, 0.29) is 17.7 Å². The Balaban J connectivity index is 2.06. The average Bonchev–Trinajstić information content (AvgIpc) is 2.82. The number of nitrogens with two attached hydrogens (primary N) is 1. The second-order valence-electron chi connectivity index (χ2n) is 5.02.